The summed E-state index contributed by atoms with van der Waals surface area (Å²) in [4.78, 5) is 11.9. The van der Waals surface area contributed by atoms with Gasteiger partial charge in [0.2, 0.25) is 0 Å². The van der Waals surface area contributed by atoms with Crippen molar-refractivity contribution in [3.05, 3.63) is 24.3 Å². The van der Waals surface area contributed by atoms with Crippen LogP contribution < -0.4 is 10.1 Å². The Kier molecular flexibility index (Phi) is 3.45. The molecule has 1 aromatic carbocycles. The summed E-state index contributed by atoms with van der Waals surface area (Å²) in [5.74, 6) is 0.944. The van der Waals surface area contributed by atoms with Crippen LogP contribution in [0.1, 0.15) is 19.8 Å². The molecule has 18 heavy (non-hydrogen) atoms. The number of hydrogen-bond donors (Lipinski definition) is 1. The van der Waals surface area contributed by atoms with Crippen LogP contribution in [0.25, 0.3) is 0 Å². The van der Waals surface area contributed by atoms with E-state index in [1.807, 2.05) is 31.2 Å². The summed E-state index contributed by atoms with van der Waals surface area (Å²) in [6.07, 6.45) is 2.13. The summed E-state index contributed by atoms with van der Waals surface area (Å²) >= 11 is 0. The van der Waals surface area contributed by atoms with E-state index < -0.39 is 5.54 Å². The lowest BCUT2D eigenvalue weighted by molar-refractivity contribution is -0.146. The minimum atomic E-state index is -0.636. The van der Waals surface area contributed by atoms with Gasteiger partial charge in [-0.05, 0) is 49.9 Å². The Morgan fingerprint density at radius 2 is 1.89 bits per heavy atom. The number of benzene rings is 1. The van der Waals surface area contributed by atoms with Gasteiger partial charge in [0.05, 0.1) is 14.2 Å². The van der Waals surface area contributed by atoms with Crippen LogP contribution >= 0.6 is 0 Å². The largest absolute Gasteiger partial charge is 0.497 e. The Bertz CT molecular complexity index is 425. The first-order valence-electron chi connectivity index (χ1n) is 6.11. The predicted molar refractivity (Wildman–Crippen MR) is 69.8 cm³/mol. The third-order valence-electron chi connectivity index (χ3n) is 3.50. The van der Waals surface area contributed by atoms with E-state index in [9.17, 15) is 4.79 Å². The van der Waals surface area contributed by atoms with Crippen LogP contribution in [0.2, 0.25) is 0 Å². The normalized spacial score (nSPS) is 17.7. The fourth-order valence-corrected chi connectivity index (χ4v) is 2.17. The second kappa shape index (κ2) is 4.88. The molecule has 4 heteroatoms. The second-order valence-electron chi connectivity index (χ2n) is 4.82. The second-order valence-corrected chi connectivity index (χ2v) is 4.82. The summed E-state index contributed by atoms with van der Waals surface area (Å²) in [5, 5.41) is 3.29. The highest BCUT2D eigenvalue weighted by atomic mass is 16.5. The van der Waals surface area contributed by atoms with E-state index in [-0.39, 0.29) is 5.97 Å². The third kappa shape index (κ3) is 2.42. The molecule has 98 valence electrons. The fourth-order valence-electron chi connectivity index (χ4n) is 2.17. The van der Waals surface area contributed by atoms with Crippen LogP contribution in [0.4, 0.5) is 5.69 Å². The van der Waals surface area contributed by atoms with E-state index in [2.05, 4.69) is 5.32 Å². The molecule has 1 atom stereocenters. The zero-order valence-electron chi connectivity index (χ0n) is 11.0. The smallest absolute Gasteiger partial charge is 0.331 e. The zero-order chi connectivity index (χ0) is 13.2. The number of nitrogens with one attached hydrogen (secondary N) is 1. The highest BCUT2D eigenvalue weighted by molar-refractivity contribution is 5.85. The molecule has 0 saturated heterocycles. The summed E-state index contributed by atoms with van der Waals surface area (Å²) in [7, 11) is 3.06. The Morgan fingerprint density at radius 3 is 2.33 bits per heavy atom. The summed E-state index contributed by atoms with van der Waals surface area (Å²) in [6.45, 7) is 1.90. The SMILES string of the molecule is COC(=O)C(C)(Nc1ccc(OC)cc1)C1CC1. The number of esters is 1. The molecule has 1 saturated carbocycles. The molecule has 0 radical (unpaired) electrons. The number of rotatable bonds is 5. The third-order valence-corrected chi connectivity index (χ3v) is 3.50. The highest BCUT2D eigenvalue weighted by Gasteiger charge is 2.48. The van der Waals surface area contributed by atoms with Gasteiger partial charge < -0.3 is 14.8 Å². The molecular formula is C14H19NO3. The standard InChI is InChI=1S/C14H19NO3/c1-14(10-4-5-10,13(16)18-3)15-11-6-8-12(17-2)9-7-11/h6-10,15H,4-5H2,1-3H3. The molecule has 1 aliphatic rings. The average Bonchev–Trinajstić information content (AvgIpc) is 3.23. The van der Waals surface area contributed by atoms with Crippen molar-refractivity contribution in [1.29, 1.82) is 0 Å². The molecule has 1 fully saturated rings. The van der Waals surface area contributed by atoms with Crippen molar-refractivity contribution in [3.8, 4) is 5.75 Å². The molecule has 1 aliphatic carbocycles. The van der Waals surface area contributed by atoms with Crippen molar-refractivity contribution < 1.29 is 14.3 Å². The molecule has 1 unspecified atom stereocenters. The van der Waals surface area contributed by atoms with Gasteiger partial charge in [-0.2, -0.15) is 0 Å². The lowest BCUT2D eigenvalue weighted by Gasteiger charge is -2.29. The van der Waals surface area contributed by atoms with E-state index in [0.29, 0.717) is 5.92 Å². The summed E-state index contributed by atoms with van der Waals surface area (Å²) in [5.41, 5.74) is 0.263. The van der Waals surface area contributed by atoms with Crippen LogP contribution in [0, 0.1) is 5.92 Å². The number of methoxy groups -OCH3 is 2. The van der Waals surface area contributed by atoms with Gasteiger partial charge in [0, 0.05) is 5.69 Å². The molecule has 1 N–H and O–H groups in total. The first-order valence-corrected chi connectivity index (χ1v) is 6.11. The number of ether oxygens (including phenoxy) is 2. The van der Waals surface area contributed by atoms with Crippen molar-refractivity contribution in [1.82, 2.24) is 0 Å². The van der Waals surface area contributed by atoms with Crippen molar-refractivity contribution in [2.75, 3.05) is 19.5 Å². The van der Waals surface area contributed by atoms with E-state index in [4.69, 9.17) is 9.47 Å². The first-order chi connectivity index (χ1) is 8.60. The molecule has 0 heterocycles. The number of carbonyl (C=O) groups is 1. The molecule has 0 amide bonds. The quantitative estimate of drug-likeness (QED) is 0.814. The van der Waals surface area contributed by atoms with E-state index in [1.54, 1.807) is 7.11 Å². The maximum atomic E-state index is 11.9. The lowest BCUT2D eigenvalue weighted by atomic mass is 9.95. The summed E-state index contributed by atoms with van der Waals surface area (Å²) in [6, 6.07) is 7.55. The highest BCUT2D eigenvalue weighted by Crippen LogP contribution is 2.42. The van der Waals surface area contributed by atoms with Crippen LogP contribution in [0.5, 0.6) is 5.75 Å². The van der Waals surface area contributed by atoms with Gasteiger partial charge in [0.1, 0.15) is 11.3 Å². The van der Waals surface area contributed by atoms with Gasteiger partial charge in [-0.3, -0.25) is 0 Å². The molecule has 4 nitrogen and oxygen atoms in total. The van der Waals surface area contributed by atoms with Crippen molar-refractivity contribution >= 4 is 11.7 Å². The Balaban J connectivity index is 2.15. The molecule has 0 aliphatic heterocycles. The van der Waals surface area contributed by atoms with Crippen molar-refractivity contribution in [2.24, 2.45) is 5.92 Å². The summed E-state index contributed by atoms with van der Waals surface area (Å²) < 4.78 is 10.0. The molecule has 0 aromatic heterocycles. The number of carbonyl (C=O) groups excluding carboxylic acids is 1. The average molecular weight is 249 g/mol. The fraction of sp³-hybridized carbons (Fsp3) is 0.500. The lowest BCUT2D eigenvalue weighted by Crippen LogP contribution is -2.46. The Hall–Kier alpha value is -1.71. The van der Waals surface area contributed by atoms with Crippen LogP contribution in [0.3, 0.4) is 0 Å². The van der Waals surface area contributed by atoms with Gasteiger partial charge in [-0.1, -0.05) is 0 Å². The molecular weight excluding hydrogens is 230 g/mol. The van der Waals surface area contributed by atoms with Crippen LogP contribution in [-0.2, 0) is 9.53 Å². The zero-order valence-corrected chi connectivity index (χ0v) is 11.0. The van der Waals surface area contributed by atoms with Crippen LogP contribution in [-0.4, -0.2) is 25.7 Å². The molecule has 0 bridgehead atoms. The van der Waals surface area contributed by atoms with Gasteiger partial charge in [0.15, 0.2) is 0 Å². The van der Waals surface area contributed by atoms with Crippen molar-refractivity contribution in [2.45, 2.75) is 25.3 Å². The van der Waals surface area contributed by atoms with Gasteiger partial charge in [0.25, 0.3) is 0 Å². The number of hydrogen-bond acceptors (Lipinski definition) is 4. The minimum absolute atomic E-state index is 0.208. The maximum absolute atomic E-state index is 11.9. The van der Waals surface area contributed by atoms with E-state index in [1.165, 1.54) is 7.11 Å². The minimum Gasteiger partial charge on any atom is -0.497 e. The van der Waals surface area contributed by atoms with Gasteiger partial charge in [-0.25, -0.2) is 4.79 Å². The topological polar surface area (TPSA) is 47.6 Å². The van der Waals surface area contributed by atoms with Gasteiger partial charge >= 0.3 is 5.97 Å². The molecule has 0 spiro atoms. The van der Waals surface area contributed by atoms with Crippen molar-refractivity contribution in [3.63, 3.8) is 0 Å². The number of anilines is 1. The van der Waals surface area contributed by atoms with Crippen LogP contribution in [0.15, 0.2) is 24.3 Å². The van der Waals surface area contributed by atoms with E-state index >= 15 is 0 Å². The Labute approximate surface area is 107 Å². The Morgan fingerprint density at radius 1 is 1.28 bits per heavy atom. The first kappa shape index (κ1) is 12.7. The molecule has 1 aromatic rings. The monoisotopic (exact) mass is 249 g/mol. The molecule has 2 rings (SSSR count). The van der Waals surface area contributed by atoms with Gasteiger partial charge in [-0.15, -0.1) is 0 Å². The maximum Gasteiger partial charge on any atom is 0.331 e. The van der Waals surface area contributed by atoms with E-state index in [0.717, 1.165) is 24.3 Å². The predicted octanol–water partition coefficient (Wildman–Crippen LogP) is 2.45.